The van der Waals surface area contributed by atoms with E-state index in [4.69, 9.17) is 4.74 Å². The Hall–Kier alpha value is -1.44. The molecule has 1 saturated heterocycles. The van der Waals surface area contributed by atoms with Crippen molar-refractivity contribution in [2.24, 2.45) is 0 Å². The van der Waals surface area contributed by atoms with Crippen molar-refractivity contribution in [1.29, 1.82) is 0 Å². The van der Waals surface area contributed by atoms with Gasteiger partial charge in [0, 0.05) is 13.1 Å². The van der Waals surface area contributed by atoms with Gasteiger partial charge in [0.2, 0.25) is 10.0 Å². The number of esters is 1. The van der Waals surface area contributed by atoms with E-state index < -0.39 is 22.1 Å². The highest BCUT2D eigenvalue weighted by atomic mass is 32.2. The molecule has 0 radical (unpaired) electrons. The molecule has 1 unspecified atom stereocenters. The molecule has 21 heavy (non-hydrogen) atoms. The lowest BCUT2D eigenvalue weighted by Gasteiger charge is -2.32. The molecule has 1 aromatic carbocycles. The van der Waals surface area contributed by atoms with Crippen molar-refractivity contribution in [3.05, 3.63) is 29.8 Å². The third-order valence-corrected chi connectivity index (χ3v) is 5.46. The monoisotopic (exact) mass is 313 g/mol. The SMILES string of the molecule is COC(=O)CC1CN(S(=O)(=O)c2ccccc2C)CCO1. The van der Waals surface area contributed by atoms with Crippen LogP contribution in [0.25, 0.3) is 0 Å². The molecule has 1 atom stereocenters. The van der Waals surface area contributed by atoms with Crippen molar-refractivity contribution in [2.45, 2.75) is 24.3 Å². The second kappa shape index (κ2) is 6.55. The van der Waals surface area contributed by atoms with Gasteiger partial charge in [-0.1, -0.05) is 18.2 Å². The summed E-state index contributed by atoms with van der Waals surface area (Å²) in [6.45, 7) is 2.48. The van der Waals surface area contributed by atoms with E-state index in [1.165, 1.54) is 11.4 Å². The molecule has 7 heteroatoms. The van der Waals surface area contributed by atoms with Gasteiger partial charge in [-0.05, 0) is 18.6 Å². The molecule has 0 N–H and O–H groups in total. The second-order valence-electron chi connectivity index (χ2n) is 4.90. The Morgan fingerprint density at radius 3 is 2.81 bits per heavy atom. The first-order chi connectivity index (χ1) is 9.95. The zero-order chi connectivity index (χ0) is 15.5. The summed E-state index contributed by atoms with van der Waals surface area (Å²) in [4.78, 5) is 11.6. The lowest BCUT2D eigenvalue weighted by molar-refractivity contribution is -0.145. The van der Waals surface area contributed by atoms with Gasteiger partial charge in [0.05, 0.1) is 31.1 Å². The number of nitrogens with zero attached hydrogens (tertiary/aromatic N) is 1. The average molecular weight is 313 g/mol. The van der Waals surface area contributed by atoms with Crippen molar-refractivity contribution in [3.8, 4) is 0 Å². The van der Waals surface area contributed by atoms with E-state index >= 15 is 0 Å². The normalized spacial score (nSPS) is 20.2. The Bertz CT molecular complexity index is 614. The quantitative estimate of drug-likeness (QED) is 0.774. The first kappa shape index (κ1) is 15.9. The fourth-order valence-corrected chi connectivity index (χ4v) is 3.97. The van der Waals surface area contributed by atoms with E-state index in [0.29, 0.717) is 10.5 Å². The molecule has 6 nitrogen and oxygen atoms in total. The summed E-state index contributed by atoms with van der Waals surface area (Å²) in [7, 11) is -2.27. The molecule has 1 aliphatic heterocycles. The minimum absolute atomic E-state index is 0.0519. The number of hydrogen-bond donors (Lipinski definition) is 0. The van der Waals surface area contributed by atoms with Crippen molar-refractivity contribution in [1.82, 2.24) is 4.31 Å². The van der Waals surface area contributed by atoms with Gasteiger partial charge in [-0.25, -0.2) is 8.42 Å². The smallest absolute Gasteiger partial charge is 0.308 e. The minimum atomic E-state index is -3.57. The van der Waals surface area contributed by atoms with E-state index in [-0.39, 0.29) is 26.1 Å². The Kier molecular flexibility index (Phi) is 4.97. The van der Waals surface area contributed by atoms with Gasteiger partial charge < -0.3 is 9.47 Å². The van der Waals surface area contributed by atoms with Crippen molar-refractivity contribution >= 4 is 16.0 Å². The van der Waals surface area contributed by atoms with Crippen molar-refractivity contribution < 1.29 is 22.7 Å². The Morgan fingerprint density at radius 2 is 2.14 bits per heavy atom. The lowest BCUT2D eigenvalue weighted by atomic mass is 10.2. The van der Waals surface area contributed by atoms with Gasteiger partial charge in [0.25, 0.3) is 0 Å². The second-order valence-corrected chi connectivity index (χ2v) is 6.81. The van der Waals surface area contributed by atoms with E-state index in [1.54, 1.807) is 31.2 Å². The van der Waals surface area contributed by atoms with E-state index in [9.17, 15) is 13.2 Å². The van der Waals surface area contributed by atoms with Crippen LogP contribution in [0.2, 0.25) is 0 Å². The Labute approximate surface area is 124 Å². The average Bonchev–Trinajstić information content (AvgIpc) is 2.47. The first-order valence-electron chi connectivity index (χ1n) is 6.69. The number of ether oxygens (including phenoxy) is 2. The number of hydrogen-bond acceptors (Lipinski definition) is 5. The molecule has 0 aromatic heterocycles. The van der Waals surface area contributed by atoms with Crippen LogP contribution >= 0.6 is 0 Å². The highest BCUT2D eigenvalue weighted by Crippen LogP contribution is 2.22. The van der Waals surface area contributed by atoms with Gasteiger partial charge in [-0.3, -0.25) is 4.79 Å². The summed E-state index contributed by atoms with van der Waals surface area (Å²) < 4.78 is 36.7. The molecule has 1 heterocycles. The highest BCUT2D eigenvalue weighted by Gasteiger charge is 2.32. The van der Waals surface area contributed by atoms with Crippen LogP contribution < -0.4 is 0 Å². The number of morpholine rings is 1. The number of carbonyl (C=O) groups excluding carboxylic acids is 1. The highest BCUT2D eigenvalue weighted by molar-refractivity contribution is 7.89. The molecule has 0 aliphatic carbocycles. The zero-order valence-corrected chi connectivity index (χ0v) is 12.9. The standard InChI is InChI=1S/C14H19NO5S/c1-11-5-3-4-6-13(11)21(17,18)15-7-8-20-12(10-15)9-14(16)19-2/h3-6,12H,7-10H2,1-2H3. The molecule has 1 aliphatic rings. The molecular formula is C14H19NO5S. The summed E-state index contributed by atoms with van der Waals surface area (Å²) >= 11 is 0. The number of aryl methyl sites for hydroxylation is 1. The van der Waals surface area contributed by atoms with E-state index in [1.807, 2.05) is 0 Å². The van der Waals surface area contributed by atoms with Crippen LogP contribution in [0.1, 0.15) is 12.0 Å². The molecule has 2 rings (SSSR count). The van der Waals surface area contributed by atoms with Gasteiger partial charge in [-0.15, -0.1) is 0 Å². The van der Waals surface area contributed by atoms with Crippen LogP contribution in [0.3, 0.4) is 0 Å². The van der Waals surface area contributed by atoms with Gasteiger partial charge in [0.1, 0.15) is 0 Å². The van der Waals surface area contributed by atoms with Crippen LogP contribution in [0.4, 0.5) is 0 Å². The Balaban J connectivity index is 2.17. The molecule has 0 spiro atoms. The van der Waals surface area contributed by atoms with Crippen LogP contribution in [0.5, 0.6) is 0 Å². The summed E-state index contributed by atoms with van der Waals surface area (Å²) in [6, 6.07) is 6.86. The summed E-state index contributed by atoms with van der Waals surface area (Å²) in [5.74, 6) is -0.407. The number of carbonyl (C=O) groups is 1. The predicted octanol–water partition coefficient (Wildman–Crippen LogP) is 0.948. The van der Waals surface area contributed by atoms with Gasteiger partial charge in [0.15, 0.2) is 0 Å². The van der Waals surface area contributed by atoms with Gasteiger partial charge >= 0.3 is 5.97 Å². The summed E-state index contributed by atoms with van der Waals surface area (Å²) in [6.07, 6.45) is -0.416. The molecule has 0 saturated carbocycles. The number of methoxy groups -OCH3 is 1. The largest absolute Gasteiger partial charge is 0.469 e. The number of sulfonamides is 1. The van der Waals surface area contributed by atoms with Crippen LogP contribution in [0, 0.1) is 6.92 Å². The van der Waals surface area contributed by atoms with Gasteiger partial charge in [-0.2, -0.15) is 4.31 Å². The van der Waals surface area contributed by atoms with Crippen molar-refractivity contribution in [3.63, 3.8) is 0 Å². The maximum Gasteiger partial charge on any atom is 0.308 e. The topological polar surface area (TPSA) is 72.9 Å². The fourth-order valence-electron chi connectivity index (χ4n) is 2.29. The van der Waals surface area contributed by atoms with Crippen LogP contribution in [-0.2, 0) is 24.3 Å². The van der Waals surface area contributed by atoms with E-state index in [2.05, 4.69) is 4.74 Å². The minimum Gasteiger partial charge on any atom is -0.469 e. The lowest BCUT2D eigenvalue weighted by Crippen LogP contribution is -2.46. The first-order valence-corrected chi connectivity index (χ1v) is 8.13. The number of benzene rings is 1. The Morgan fingerprint density at radius 1 is 1.43 bits per heavy atom. The molecule has 1 aromatic rings. The molecule has 0 amide bonds. The predicted molar refractivity (Wildman–Crippen MR) is 76.3 cm³/mol. The third kappa shape index (κ3) is 3.61. The molecule has 1 fully saturated rings. The zero-order valence-electron chi connectivity index (χ0n) is 12.1. The fraction of sp³-hybridized carbons (Fsp3) is 0.500. The van der Waals surface area contributed by atoms with E-state index in [0.717, 1.165) is 0 Å². The van der Waals surface area contributed by atoms with Crippen LogP contribution in [-0.4, -0.2) is 51.6 Å². The molecular weight excluding hydrogens is 294 g/mol. The molecule has 0 bridgehead atoms. The third-order valence-electron chi connectivity index (χ3n) is 3.43. The number of rotatable bonds is 4. The maximum absolute atomic E-state index is 12.7. The summed E-state index contributed by atoms with van der Waals surface area (Å²) in [5.41, 5.74) is 0.702. The maximum atomic E-state index is 12.7. The van der Waals surface area contributed by atoms with Crippen molar-refractivity contribution in [2.75, 3.05) is 26.8 Å². The molecule has 116 valence electrons. The van der Waals surface area contributed by atoms with Crippen LogP contribution in [0.15, 0.2) is 29.2 Å². The summed E-state index contributed by atoms with van der Waals surface area (Å²) in [5, 5.41) is 0.